The van der Waals surface area contributed by atoms with Crippen LogP contribution < -0.4 is 10.9 Å². The molecule has 5 nitrogen and oxygen atoms in total. The second-order valence-corrected chi connectivity index (χ2v) is 14.9. The highest BCUT2D eigenvalue weighted by Gasteiger charge is 2.53. The van der Waals surface area contributed by atoms with E-state index in [1.165, 1.54) is 5.56 Å². The number of hydrogen-bond acceptors (Lipinski definition) is 4. The van der Waals surface area contributed by atoms with Crippen molar-refractivity contribution in [3.8, 4) is 5.69 Å². The first-order valence-corrected chi connectivity index (χ1v) is 14.8. The maximum atomic E-state index is 6.43. The molecule has 7 heteroatoms. The highest BCUT2D eigenvalue weighted by molar-refractivity contribution is 6.63. The molecule has 2 saturated heterocycles. The molecule has 0 aliphatic carbocycles. The van der Waals surface area contributed by atoms with Gasteiger partial charge in [0.15, 0.2) is 0 Å². The monoisotopic (exact) mass is 551 g/mol. The van der Waals surface area contributed by atoms with Crippen molar-refractivity contribution >= 4 is 47.0 Å². The third-order valence-corrected chi connectivity index (χ3v) is 9.86. The largest absolute Gasteiger partial charge is 0.494 e. The van der Waals surface area contributed by atoms with E-state index in [0.717, 1.165) is 38.4 Å². The van der Waals surface area contributed by atoms with Crippen LogP contribution in [0.2, 0.25) is 0 Å². The van der Waals surface area contributed by atoms with Gasteiger partial charge in [-0.3, -0.25) is 0 Å². The molecule has 0 saturated carbocycles. The predicted octanol–water partition coefficient (Wildman–Crippen LogP) is 6.68. The van der Waals surface area contributed by atoms with Crippen molar-refractivity contribution in [1.82, 2.24) is 4.57 Å². The average Bonchev–Trinajstić information content (AvgIpc) is 3.39. The molecule has 6 rings (SSSR count). The first-order valence-electron chi connectivity index (χ1n) is 14.8. The van der Waals surface area contributed by atoms with E-state index in [1.807, 2.05) is 0 Å². The lowest BCUT2D eigenvalue weighted by Gasteiger charge is -2.32. The van der Waals surface area contributed by atoms with E-state index in [9.17, 15) is 0 Å². The molecule has 0 unspecified atom stereocenters. The Hall–Kier alpha value is -2.57. The van der Waals surface area contributed by atoms with Gasteiger partial charge in [-0.05, 0) is 102 Å². The summed E-state index contributed by atoms with van der Waals surface area (Å²) in [6, 6.07) is 22.1. The summed E-state index contributed by atoms with van der Waals surface area (Å²) >= 11 is 0. The Labute approximate surface area is 245 Å². The van der Waals surface area contributed by atoms with Gasteiger partial charge in [0, 0.05) is 16.5 Å². The quantitative estimate of drug-likeness (QED) is 0.267. The van der Waals surface area contributed by atoms with Crippen LogP contribution in [0.15, 0.2) is 60.7 Å². The molecule has 0 amide bonds. The summed E-state index contributed by atoms with van der Waals surface area (Å²) in [7, 11) is -0.861. The zero-order valence-corrected chi connectivity index (χ0v) is 26.5. The second kappa shape index (κ2) is 8.97. The van der Waals surface area contributed by atoms with Crippen molar-refractivity contribution in [2.45, 2.75) is 104 Å². The van der Waals surface area contributed by atoms with Gasteiger partial charge in [-0.15, -0.1) is 0 Å². The molecule has 1 aromatic heterocycles. The smallest absolute Gasteiger partial charge is 0.399 e. The topological polar surface area (TPSA) is 41.9 Å². The molecule has 2 aliphatic rings. The van der Waals surface area contributed by atoms with Crippen LogP contribution in [0.3, 0.4) is 0 Å². The van der Waals surface area contributed by atoms with Crippen LogP contribution in [-0.4, -0.2) is 41.2 Å². The van der Waals surface area contributed by atoms with Gasteiger partial charge in [0.1, 0.15) is 0 Å². The minimum absolute atomic E-state index is 0.0921. The van der Waals surface area contributed by atoms with Crippen LogP contribution in [0.5, 0.6) is 0 Å². The zero-order valence-electron chi connectivity index (χ0n) is 26.5. The molecular formula is C34H43B2NO4. The Bertz CT molecular complexity index is 1520. The number of hydrogen-bond donors (Lipinski definition) is 0. The lowest BCUT2D eigenvalue weighted by atomic mass is 9.77. The molecular weight excluding hydrogens is 508 g/mol. The van der Waals surface area contributed by atoms with E-state index in [2.05, 4.69) is 141 Å². The summed E-state index contributed by atoms with van der Waals surface area (Å²) in [6.07, 6.45) is 0. The molecule has 2 fully saturated rings. The minimum Gasteiger partial charge on any atom is -0.399 e. The Morgan fingerprint density at radius 3 is 1.24 bits per heavy atom. The summed E-state index contributed by atoms with van der Waals surface area (Å²) in [5.41, 5.74) is 5.22. The maximum absolute atomic E-state index is 6.43. The SMILES string of the molecule is CC(C)(C)c1ccc(-n2c3ccc(B4OC(C)(C)C(C)(C)O4)cc3c3cc(B4OC(C)(C)C(C)(C)O4)ccc32)cc1. The standard InChI is InChI=1S/C34H43B2NO4/c1-30(2,3)22-12-16-25(17-13-22)37-28-18-14-23(35-38-31(4,5)32(6,7)39-35)20-26(28)27-21-24(15-19-29(27)37)36-40-33(8,9)34(10,11)41-36/h12-21H,1-11H3. The van der Waals surface area contributed by atoms with E-state index in [-0.39, 0.29) is 5.41 Å². The average molecular weight is 551 g/mol. The van der Waals surface area contributed by atoms with Crippen molar-refractivity contribution < 1.29 is 18.6 Å². The normalized spacial score (nSPS) is 21.3. The number of fused-ring (bicyclic) bond motifs is 3. The predicted molar refractivity (Wildman–Crippen MR) is 171 cm³/mol. The van der Waals surface area contributed by atoms with Crippen LogP contribution in [0.4, 0.5) is 0 Å². The van der Waals surface area contributed by atoms with Gasteiger partial charge in [0.2, 0.25) is 0 Å². The van der Waals surface area contributed by atoms with Crippen LogP contribution in [0.1, 0.15) is 81.7 Å². The number of rotatable bonds is 3. The Balaban J connectivity index is 1.52. The highest BCUT2D eigenvalue weighted by atomic mass is 16.7. The lowest BCUT2D eigenvalue weighted by molar-refractivity contribution is 0.00578. The van der Waals surface area contributed by atoms with Crippen molar-refractivity contribution in [2.24, 2.45) is 0 Å². The van der Waals surface area contributed by atoms with Crippen LogP contribution in [-0.2, 0) is 24.0 Å². The molecule has 2 aliphatic heterocycles. The molecule has 3 aromatic carbocycles. The number of benzene rings is 3. The van der Waals surface area contributed by atoms with E-state index in [0.29, 0.717) is 0 Å². The van der Waals surface area contributed by atoms with Gasteiger partial charge in [-0.2, -0.15) is 0 Å². The van der Waals surface area contributed by atoms with Crippen molar-refractivity contribution in [3.05, 3.63) is 66.2 Å². The van der Waals surface area contributed by atoms with Gasteiger partial charge in [-0.1, -0.05) is 57.2 Å². The molecule has 0 radical (unpaired) electrons. The fourth-order valence-corrected chi connectivity index (χ4v) is 5.70. The van der Waals surface area contributed by atoms with Gasteiger partial charge in [0.25, 0.3) is 0 Å². The van der Waals surface area contributed by atoms with Crippen molar-refractivity contribution in [3.63, 3.8) is 0 Å². The van der Waals surface area contributed by atoms with Gasteiger partial charge < -0.3 is 23.2 Å². The van der Waals surface area contributed by atoms with Crippen molar-refractivity contribution in [2.75, 3.05) is 0 Å². The maximum Gasteiger partial charge on any atom is 0.494 e. The Morgan fingerprint density at radius 2 is 0.902 bits per heavy atom. The fraction of sp³-hybridized carbons (Fsp3) is 0.471. The molecule has 0 N–H and O–H groups in total. The van der Waals surface area contributed by atoms with Gasteiger partial charge in [-0.25, -0.2) is 0 Å². The summed E-state index contributed by atoms with van der Waals surface area (Å²) in [4.78, 5) is 0. The Morgan fingerprint density at radius 1 is 0.537 bits per heavy atom. The fourth-order valence-electron chi connectivity index (χ4n) is 5.70. The number of nitrogens with zero attached hydrogens (tertiary/aromatic N) is 1. The molecule has 0 spiro atoms. The zero-order chi connectivity index (χ0) is 29.8. The highest BCUT2D eigenvalue weighted by Crippen LogP contribution is 2.39. The third kappa shape index (κ3) is 4.57. The van der Waals surface area contributed by atoms with E-state index >= 15 is 0 Å². The van der Waals surface area contributed by atoms with Crippen LogP contribution in [0.25, 0.3) is 27.5 Å². The first kappa shape index (κ1) is 28.5. The van der Waals surface area contributed by atoms with Crippen LogP contribution in [0, 0.1) is 0 Å². The minimum atomic E-state index is -0.430. The van der Waals surface area contributed by atoms with E-state index in [1.54, 1.807) is 0 Å². The summed E-state index contributed by atoms with van der Waals surface area (Å²) in [5, 5.41) is 2.29. The van der Waals surface area contributed by atoms with Crippen LogP contribution >= 0.6 is 0 Å². The van der Waals surface area contributed by atoms with Gasteiger partial charge in [0.05, 0.1) is 33.4 Å². The third-order valence-electron chi connectivity index (χ3n) is 9.86. The molecule has 3 heterocycles. The van der Waals surface area contributed by atoms with E-state index < -0.39 is 36.6 Å². The second-order valence-electron chi connectivity index (χ2n) is 14.9. The molecule has 4 aromatic rings. The Kier molecular flexibility index (Phi) is 6.24. The van der Waals surface area contributed by atoms with Crippen molar-refractivity contribution in [1.29, 1.82) is 0 Å². The molecule has 0 atom stereocenters. The molecule has 0 bridgehead atoms. The lowest BCUT2D eigenvalue weighted by Crippen LogP contribution is -2.41. The van der Waals surface area contributed by atoms with Gasteiger partial charge >= 0.3 is 14.2 Å². The van der Waals surface area contributed by atoms with E-state index in [4.69, 9.17) is 18.6 Å². The number of aromatic nitrogens is 1. The molecule has 214 valence electrons. The summed E-state index contributed by atoms with van der Waals surface area (Å²) < 4.78 is 28.1. The summed E-state index contributed by atoms with van der Waals surface area (Å²) in [6.45, 7) is 23.5. The first-order chi connectivity index (χ1) is 18.9. The summed E-state index contributed by atoms with van der Waals surface area (Å²) in [5.74, 6) is 0. The molecule has 41 heavy (non-hydrogen) atoms.